The number of fused-ring (bicyclic) bond motifs is 3. The van der Waals surface area contributed by atoms with Gasteiger partial charge in [0.15, 0.2) is 11.1 Å². The molecule has 0 bridgehead atoms. The summed E-state index contributed by atoms with van der Waals surface area (Å²) in [6, 6.07) is 9.36. The molecule has 1 aliphatic heterocycles. The molecule has 0 saturated carbocycles. The number of hydrogen-bond donors (Lipinski definition) is 1. The molecule has 0 amide bonds. The number of halogens is 3. The second-order valence-corrected chi connectivity index (χ2v) is 9.32. The summed E-state index contributed by atoms with van der Waals surface area (Å²) in [5.41, 5.74) is 1.62. The van der Waals surface area contributed by atoms with Gasteiger partial charge in [-0.2, -0.15) is 13.2 Å². The smallest absolute Gasteiger partial charge is 0.360 e. The van der Waals surface area contributed by atoms with Gasteiger partial charge in [0, 0.05) is 42.8 Å². The van der Waals surface area contributed by atoms with Crippen molar-refractivity contribution in [3.8, 4) is 0 Å². The monoisotopic (exact) mass is 488 g/mol. The van der Waals surface area contributed by atoms with Crippen LogP contribution < -0.4 is 5.43 Å². The van der Waals surface area contributed by atoms with Crippen molar-refractivity contribution in [1.82, 2.24) is 18.8 Å². The molecule has 0 radical (unpaired) electrons. The van der Waals surface area contributed by atoms with Crippen molar-refractivity contribution in [3.63, 3.8) is 0 Å². The number of aromatic amines is 1. The van der Waals surface area contributed by atoms with Crippen molar-refractivity contribution in [2.24, 2.45) is 5.92 Å². The molecule has 1 saturated heterocycles. The summed E-state index contributed by atoms with van der Waals surface area (Å²) in [6.07, 6.45) is 5.14. The van der Waals surface area contributed by atoms with Crippen LogP contribution in [0.3, 0.4) is 0 Å². The quantitative estimate of drug-likeness (QED) is 0.388. The highest BCUT2D eigenvalue weighted by Gasteiger charge is 2.33. The molecule has 4 heterocycles. The number of hydrogen-bond acceptors (Lipinski definition) is 4. The summed E-state index contributed by atoms with van der Waals surface area (Å²) in [5, 5.41) is 1.61. The van der Waals surface area contributed by atoms with Crippen LogP contribution in [0.15, 0.2) is 59.8 Å². The third kappa shape index (κ3) is 5.31. The average molecular weight is 489 g/mol. The summed E-state index contributed by atoms with van der Waals surface area (Å²) in [4.78, 5) is 21.2. The van der Waals surface area contributed by atoms with E-state index >= 15 is 0 Å². The molecule has 1 aliphatic rings. The fraction of sp³-hybridized carbons (Fsp3) is 0.360. The molecule has 0 spiro atoms. The molecule has 1 N–H and O–H groups in total. The normalized spacial score (nSPS) is 15.4. The zero-order valence-electron chi connectivity index (χ0n) is 19.1. The standard InChI is InChI=1S/C14H18F3N.C11H9N3OS/c1-11-6-8-18(9-7-11)10-12-4-2-3-5-13(12)14(15,16)17;1-16-14-5-3-7-10-8(6-13-11(7)14)9(15)2-4-12-10/h2-5,11H,6-10H2,1H3;2-6H,1H3,(H,12,15). The van der Waals surface area contributed by atoms with Crippen LogP contribution in [0.5, 0.6) is 0 Å². The number of pyridine rings is 2. The second-order valence-electron chi connectivity index (χ2n) is 8.56. The van der Waals surface area contributed by atoms with Gasteiger partial charge in [-0.25, -0.2) is 4.98 Å². The maximum absolute atomic E-state index is 12.8. The van der Waals surface area contributed by atoms with Crippen molar-refractivity contribution in [2.75, 3.05) is 19.3 Å². The Morgan fingerprint density at radius 1 is 1.12 bits per heavy atom. The first-order valence-electron chi connectivity index (χ1n) is 11.2. The lowest BCUT2D eigenvalue weighted by atomic mass is 9.98. The molecule has 0 unspecified atom stereocenters. The van der Waals surface area contributed by atoms with Gasteiger partial charge in [0.1, 0.15) is 0 Å². The van der Waals surface area contributed by atoms with Gasteiger partial charge in [0.25, 0.3) is 0 Å². The van der Waals surface area contributed by atoms with Crippen LogP contribution in [-0.4, -0.2) is 38.2 Å². The molecule has 1 aromatic carbocycles. The second kappa shape index (κ2) is 10.2. The molecule has 1 fully saturated rings. The fourth-order valence-corrected chi connectivity index (χ4v) is 4.74. The zero-order chi connectivity index (χ0) is 24.3. The van der Waals surface area contributed by atoms with Crippen molar-refractivity contribution in [1.29, 1.82) is 0 Å². The van der Waals surface area contributed by atoms with E-state index < -0.39 is 11.7 Å². The van der Waals surface area contributed by atoms with E-state index in [9.17, 15) is 18.0 Å². The molecule has 9 heteroatoms. The third-order valence-electron chi connectivity index (χ3n) is 6.20. The van der Waals surface area contributed by atoms with Gasteiger partial charge in [0.05, 0.1) is 16.5 Å². The number of nitrogens with zero attached hydrogens (tertiary/aromatic N) is 3. The molecule has 5 nitrogen and oxygen atoms in total. The minimum atomic E-state index is -4.25. The van der Waals surface area contributed by atoms with Crippen LogP contribution in [0.1, 0.15) is 30.9 Å². The number of nitrogens with one attached hydrogen (secondary N) is 1. The first-order valence-corrected chi connectivity index (χ1v) is 12.4. The van der Waals surface area contributed by atoms with E-state index in [1.165, 1.54) is 18.2 Å². The number of aromatic nitrogens is 3. The number of H-pyrrole nitrogens is 1. The van der Waals surface area contributed by atoms with Crippen molar-refractivity contribution in [2.45, 2.75) is 32.5 Å². The van der Waals surface area contributed by atoms with E-state index in [2.05, 4.69) is 21.8 Å². The average Bonchev–Trinajstić information content (AvgIpc) is 3.25. The van der Waals surface area contributed by atoms with Gasteiger partial charge in [-0.15, -0.1) is 0 Å². The molecule has 34 heavy (non-hydrogen) atoms. The van der Waals surface area contributed by atoms with Gasteiger partial charge in [-0.1, -0.05) is 25.1 Å². The summed E-state index contributed by atoms with van der Waals surface area (Å²) in [5.74, 6) is 0.694. The topological polar surface area (TPSA) is 53.9 Å². The van der Waals surface area contributed by atoms with Crippen LogP contribution in [-0.2, 0) is 12.7 Å². The maximum Gasteiger partial charge on any atom is 0.416 e. The van der Waals surface area contributed by atoms with Crippen molar-refractivity contribution >= 4 is 33.9 Å². The van der Waals surface area contributed by atoms with E-state index in [1.54, 1.807) is 36.5 Å². The van der Waals surface area contributed by atoms with Gasteiger partial charge < -0.3 is 4.98 Å². The van der Waals surface area contributed by atoms with Gasteiger partial charge in [-0.3, -0.25) is 13.7 Å². The first kappa shape index (κ1) is 24.3. The minimum absolute atomic E-state index is 0.0000477. The lowest BCUT2D eigenvalue weighted by Gasteiger charge is -2.30. The summed E-state index contributed by atoms with van der Waals surface area (Å²) in [6.45, 7) is 4.39. The molecule has 0 atom stereocenters. The highest BCUT2D eigenvalue weighted by Crippen LogP contribution is 2.33. The number of likely N-dealkylation sites (tertiary alicyclic amines) is 1. The Morgan fingerprint density at radius 3 is 2.56 bits per heavy atom. The van der Waals surface area contributed by atoms with Gasteiger partial charge in [0.2, 0.25) is 0 Å². The first-order chi connectivity index (χ1) is 16.3. The Hall–Kier alpha value is -2.78. The van der Waals surface area contributed by atoms with Crippen LogP contribution in [0.25, 0.3) is 21.9 Å². The predicted octanol–water partition coefficient (Wildman–Crippen LogP) is 5.94. The molecule has 3 aromatic heterocycles. The number of alkyl halides is 3. The van der Waals surface area contributed by atoms with Gasteiger partial charge in [-0.05, 0) is 61.5 Å². The van der Waals surface area contributed by atoms with E-state index in [1.807, 2.05) is 22.5 Å². The van der Waals surface area contributed by atoms with Crippen molar-refractivity contribution < 1.29 is 13.2 Å². The Bertz CT molecular complexity index is 1320. The summed E-state index contributed by atoms with van der Waals surface area (Å²) in [7, 11) is 0. The summed E-state index contributed by atoms with van der Waals surface area (Å²) >= 11 is 1.58. The SMILES string of the molecule is CC1CCN(Cc2ccccc2C(F)(F)F)CC1.CSn1ccc2c3[nH]ccc(=O)c3cnc21. The summed E-state index contributed by atoms with van der Waals surface area (Å²) < 4.78 is 40.5. The number of benzene rings is 1. The van der Waals surface area contributed by atoms with Crippen LogP contribution in [0, 0.1) is 5.92 Å². The molecule has 180 valence electrons. The van der Waals surface area contributed by atoms with Crippen molar-refractivity contribution in [3.05, 3.63) is 76.3 Å². The molecule has 4 aromatic rings. The Kier molecular flexibility index (Phi) is 7.33. The molecular formula is C25H27F3N4OS. The molecule has 0 aliphatic carbocycles. The molecular weight excluding hydrogens is 461 g/mol. The Morgan fingerprint density at radius 2 is 1.85 bits per heavy atom. The highest BCUT2D eigenvalue weighted by molar-refractivity contribution is 7.97. The maximum atomic E-state index is 12.8. The Balaban J connectivity index is 0.000000162. The third-order valence-corrected chi connectivity index (χ3v) is 6.89. The van der Waals surface area contributed by atoms with Gasteiger partial charge >= 0.3 is 6.18 Å². The highest BCUT2D eigenvalue weighted by atomic mass is 32.2. The lowest BCUT2D eigenvalue weighted by Crippen LogP contribution is -2.33. The lowest BCUT2D eigenvalue weighted by molar-refractivity contribution is -0.138. The predicted molar refractivity (Wildman–Crippen MR) is 132 cm³/mol. The fourth-order valence-electron chi connectivity index (χ4n) is 4.24. The van der Waals surface area contributed by atoms with E-state index in [0.717, 1.165) is 42.5 Å². The largest absolute Gasteiger partial charge is 0.416 e. The Labute approximate surface area is 200 Å². The number of piperidine rings is 1. The zero-order valence-corrected chi connectivity index (χ0v) is 19.9. The van der Waals surface area contributed by atoms with Crippen LogP contribution >= 0.6 is 11.9 Å². The minimum Gasteiger partial charge on any atom is -0.360 e. The van der Waals surface area contributed by atoms with E-state index in [-0.39, 0.29) is 5.43 Å². The van der Waals surface area contributed by atoms with Crippen LogP contribution in [0.2, 0.25) is 0 Å². The molecule has 5 rings (SSSR count). The van der Waals surface area contributed by atoms with E-state index in [0.29, 0.717) is 23.4 Å². The number of rotatable bonds is 3. The van der Waals surface area contributed by atoms with E-state index in [4.69, 9.17) is 0 Å². The van der Waals surface area contributed by atoms with Crippen LogP contribution in [0.4, 0.5) is 13.2 Å².